The summed E-state index contributed by atoms with van der Waals surface area (Å²) in [6.45, 7) is 0.937. The number of hydrogen-bond donors (Lipinski definition) is 2. The number of amides is 1. The maximum absolute atomic E-state index is 10.9. The summed E-state index contributed by atoms with van der Waals surface area (Å²) in [6.07, 6.45) is 3.93. The van der Waals surface area contributed by atoms with Crippen molar-refractivity contribution in [1.29, 1.82) is 0 Å². The van der Waals surface area contributed by atoms with Crippen molar-refractivity contribution in [1.82, 2.24) is 5.48 Å². The predicted molar refractivity (Wildman–Crippen MR) is 88.8 cm³/mol. The maximum atomic E-state index is 10.9. The van der Waals surface area contributed by atoms with Crippen molar-refractivity contribution in [3.63, 3.8) is 0 Å². The van der Waals surface area contributed by atoms with Crippen LogP contribution in [0, 0.1) is 0 Å². The molecule has 0 fully saturated rings. The van der Waals surface area contributed by atoms with E-state index in [1.807, 2.05) is 30.3 Å². The van der Waals surface area contributed by atoms with Gasteiger partial charge in [-0.1, -0.05) is 42.5 Å². The second-order valence-electron chi connectivity index (χ2n) is 5.06. The van der Waals surface area contributed by atoms with E-state index in [1.165, 1.54) is 11.6 Å². The first-order chi connectivity index (χ1) is 10.7. The SMILES string of the molecule is CN(CCc1ccccc1)c1ccc(/C=C/C(=O)NO)cc1. The summed E-state index contributed by atoms with van der Waals surface area (Å²) in [4.78, 5) is 13.1. The molecule has 22 heavy (non-hydrogen) atoms. The number of rotatable bonds is 6. The highest BCUT2D eigenvalue weighted by Crippen LogP contribution is 2.15. The van der Waals surface area contributed by atoms with Crippen LogP contribution in [-0.2, 0) is 11.2 Å². The molecule has 0 unspecified atom stereocenters. The first-order valence-corrected chi connectivity index (χ1v) is 7.16. The number of carbonyl (C=O) groups is 1. The third-order valence-corrected chi connectivity index (χ3v) is 3.45. The third kappa shape index (κ3) is 4.75. The summed E-state index contributed by atoms with van der Waals surface area (Å²) in [7, 11) is 2.06. The lowest BCUT2D eigenvalue weighted by Crippen LogP contribution is -2.20. The van der Waals surface area contributed by atoms with Gasteiger partial charge in [-0.15, -0.1) is 0 Å². The van der Waals surface area contributed by atoms with Crippen molar-refractivity contribution in [2.75, 3.05) is 18.5 Å². The van der Waals surface area contributed by atoms with Gasteiger partial charge in [0.25, 0.3) is 5.91 Å². The van der Waals surface area contributed by atoms with Crippen LogP contribution in [0.3, 0.4) is 0 Å². The van der Waals surface area contributed by atoms with Gasteiger partial charge in [-0.2, -0.15) is 0 Å². The summed E-state index contributed by atoms with van der Waals surface area (Å²) in [5, 5.41) is 8.43. The minimum atomic E-state index is -0.538. The summed E-state index contributed by atoms with van der Waals surface area (Å²) >= 11 is 0. The number of hydrogen-bond acceptors (Lipinski definition) is 3. The molecule has 0 saturated carbocycles. The van der Waals surface area contributed by atoms with Crippen LogP contribution < -0.4 is 10.4 Å². The van der Waals surface area contributed by atoms with Crippen molar-refractivity contribution in [2.45, 2.75) is 6.42 Å². The predicted octanol–water partition coefficient (Wildman–Crippen LogP) is 2.88. The number of hydroxylamine groups is 1. The summed E-state index contributed by atoms with van der Waals surface area (Å²) in [5.74, 6) is -0.538. The van der Waals surface area contributed by atoms with Crippen molar-refractivity contribution >= 4 is 17.7 Å². The van der Waals surface area contributed by atoms with Crippen LogP contribution in [0.4, 0.5) is 5.69 Å². The Labute approximate surface area is 130 Å². The second-order valence-corrected chi connectivity index (χ2v) is 5.06. The van der Waals surface area contributed by atoms with Crippen LogP contribution in [-0.4, -0.2) is 24.7 Å². The average molecular weight is 296 g/mol. The molecular weight excluding hydrogens is 276 g/mol. The molecule has 2 aromatic carbocycles. The monoisotopic (exact) mass is 296 g/mol. The number of nitrogens with zero attached hydrogens (tertiary/aromatic N) is 1. The van der Waals surface area contributed by atoms with E-state index in [2.05, 4.69) is 36.2 Å². The molecule has 114 valence electrons. The molecule has 4 heteroatoms. The lowest BCUT2D eigenvalue weighted by atomic mass is 10.1. The van der Waals surface area contributed by atoms with Gasteiger partial charge in [-0.25, -0.2) is 5.48 Å². The minimum Gasteiger partial charge on any atom is -0.374 e. The van der Waals surface area contributed by atoms with E-state index in [9.17, 15) is 4.79 Å². The molecule has 0 aliphatic carbocycles. The van der Waals surface area contributed by atoms with Gasteiger partial charge in [0.1, 0.15) is 0 Å². The van der Waals surface area contributed by atoms with Gasteiger partial charge >= 0.3 is 0 Å². The maximum Gasteiger partial charge on any atom is 0.267 e. The van der Waals surface area contributed by atoms with Gasteiger partial charge in [0.15, 0.2) is 0 Å². The molecule has 0 atom stereocenters. The number of carbonyl (C=O) groups excluding carboxylic acids is 1. The lowest BCUT2D eigenvalue weighted by molar-refractivity contribution is -0.124. The normalized spacial score (nSPS) is 10.6. The van der Waals surface area contributed by atoms with Crippen LogP contribution in [0.5, 0.6) is 0 Å². The fourth-order valence-electron chi connectivity index (χ4n) is 2.12. The van der Waals surface area contributed by atoms with Gasteiger partial charge in [0, 0.05) is 25.4 Å². The zero-order chi connectivity index (χ0) is 15.8. The second kappa shape index (κ2) is 8.00. The molecule has 0 radical (unpaired) electrons. The van der Waals surface area contributed by atoms with E-state index < -0.39 is 5.91 Å². The molecule has 0 spiro atoms. The van der Waals surface area contributed by atoms with Crippen LogP contribution in [0.2, 0.25) is 0 Å². The molecule has 0 aliphatic rings. The van der Waals surface area contributed by atoms with Gasteiger partial charge in [-0.3, -0.25) is 10.0 Å². The summed E-state index contributed by atoms with van der Waals surface area (Å²) in [5.41, 5.74) is 4.92. The largest absolute Gasteiger partial charge is 0.374 e. The molecule has 0 heterocycles. The third-order valence-electron chi connectivity index (χ3n) is 3.45. The highest BCUT2D eigenvalue weighted by Gasteiger charge is 2.01. The van der Waals surface area contributed by atoms with Gasteiger partial charge in [-0.05, 0) is 35.8 Å². The molecule has 0 bridgehead atoms. The Morgan fingerprint density at radius 1 is 1.14 bits per heavy atom. The van der Waals surface area contributed by atoms with Crippen molar-refractivity contribution in [2.24, 2.45) is 0 Å². The minimum absolute atomic E-state index is 0.538. The Bertz CT molecular complexity index is 621. The van der Waals surface area contributed by atoms with Crippen LogP contribution in [0.15, 0.2) is 60.7 Å². The van der Waals surface area contributed by atoms with Crippen LogP contribution in [0.25, 0.3) is 6.08 Å². The standard InChI is InChI=1S/C18H20N2O2/c1-20(14-13-15-5-3-2-4-6-15)17-10-7-16(8-11-17)9-12-18(21)19-22/h2-12,22H,13-14H2,1H3,(H,19,21)/b12-9+. The fraction of sp³-hybridized carbons (Fsp3) is 0.167. The summed E-state index contributed by atoms with van der Waals surface area (Å²) in [6, 6.07) is 18.3. The molecule has 1 amide bonds. The van der Waals surface area contributed by atoms with Crippen molar-refractivity contribution < 1.29 is 10.0 Å². The first kappa shape index (κ1) is 15.8. The molecule has 0 saturated heterocycles. The Morgan fingerprint density at radius 2 is 1.82 bits per heavy atom. The molecule has 2 rings (SSSR count). The van der Waals surface area contributed by atoms with Crippen LogP contribution >= 0.6 is 0 Å². The molecule has 0 aromatic heterocycles. The van der Waals surface area contributed by atoms with E-state index in [4.69, 9.17) is 5.21 Å². The zero-order valence-corrected chi connectivity index (χ0v) is 12.6. The van der Waals surface area contributed by atoms with E-state index >= 15 is 0 Å². The number of benzene rings is 2. The molecule has 2 N–H and O–H groups in total. The van der Waals surface area contributed by atoms with E-state index in [0.29, 0.717) is 0 Å². The van der Waals surface area contributed by atoms with Gasteiger partial charge < -0.3 is 4.90 Å². The number of nitrogens with one attached hydrogen (secondary N) is 1. The zero-order valence-electron chi connectivity index (χ0n) is 12.6. The van der Waals surface area contributed by atoms with Crippen LogP contribution in [0.1, 0.15) is 11.1 Å². The first-order valence-electron chi connectivity index (χ1n) is 7.16. The van der Waals surface area contributed by atoms with Gasteiger partial charge in [0.05, 0.1) is 0 Å². The Kier molecular flexibility index (Phi) is 5.74. The highest BCUT2D eigenvalue weighted by atomic mass is 16.5. The van der Waals surface area contributed by atoms with E-state index in [1.54, 1.807) is 11.6 Å². The van der Waals surface area contributed by atoms with Gasteiger partial charge in [0.2, 0.25) is 0 Å². The molecule has 2 aromatic rings. The Morgan fingerprint density at radius 3 is 2.45 bits per heavy atom. The Hall–Kier alpha value is -2.59. The summed E-state index contributed by atoms with van der Waals surface area (Å²) < 4.78 is 0. The number of anilines is 1. The lowest BCUT2D eigenvalue weighted by Gasteiger charge is -2.19. The van der Waals surface area contributed by atoms with E-state index in [0.717, 1.165) is 24.2 Å². The number of likely N-dealkylation sites (N-methyl/N-ethyl adjacent to an activating group) is 1. The fourth-order valence-corrected chi connectivity index (χ4v) is 2.12. The van der Waals surface area contributed by atoms with Crippen molar-refractivity contribution in [3.05, 3.63) is 71.8 Å². The molecule has 0 aliphatic heterocycles. The topological polar surface area (TPSA) is 52.6 Å². The van der Waals surface area contributed by atoms with Crippen molar-refractivity contribution in [3.8, 4) is 0 Å². The smallest absolute Gasteiger partial charge is 0.267 e. The molecule has 4 nitrogen and oxygen atoms in total. The van der Waals surface area contributed by atoms with E-state index in [-0.39, 0.29) is 0 Å². The average Bonchev–Trinajstić information content (AvgIpc) is 2.59. The quantitative estimate of drug-likeness (QED) is 0.489. The Balaban J connectivity index is 1.92. The highest BCUT2D eigenvalue weighted by molar-refractivity contribution is 5.90. The molecular formula is C18H20N2O2.